The van der Waals surface area contributed by atoms with Crippen molar-refractivity contribution in [1.29, 1.82) is 0 Å². The number of carbonyl (C=O) groups excluding carboxylic acids is 1. The van der Waals surface area contributed by atoms with Crippen LogP contribution in [0.1, 0.15) is 68.5 Å². The Morgan fingerprint density at radius 1 is 1.18 bits per heavy atom. The largest absolute Gasteiger partial charge is 0.342 e. The first-order valence-corrected chi connectivity index (χ1v) is 11.4. The summed E-state index contributed by atoms with van der Waals surface area (Å²) >= 11 is 1.56. The van der Waals surface area contributed by atoms with Crippen LogP contribution >= 0.6 is 11.3 Å². The SMILES string of the molecule is CCc1nnc(Nc2cccc([C@H]3CCCN(C(=O)C4CCCCC4)C3)n2)s1. The van der Waals surface area contributed by atoms with E-state index >= 15 is 0 Å². The Morgan fingerprint density at radius 3 is 2.82 bits per heavy atom. The number of aryl methyl sites for hydroxylation is 1. The highest BCUT2D eigenvalue weighted by molar-refractivity contribution is 7.15. The Kier molecular flexibility index (Phi) is 6.20. The van der Waals surface area contributed by atoms with Crippen molar-refractivity contribution in [3.63, 3.8) is 0 Å². The van der Waals surface area contributed by atoms with Crippen LogP contribution in [-0.4, -0.2) is 39.1 Å². The Hall–Kier alpha value is -2.02. The van der Waals surface area contributed by atoms with Crippen LogP contribution in [0.2, 0.25) is 0 Å². The fourth-order valence-corrected chi connectivity index (χ4v) is 5.02. The van der Waals surface area contributed by atoms with Gasteiger partial charge in [0.15, 0.2) is 0 Å². The predicted octanol–water partition coefficient (Wildman–Crippen LogP) is 4.53. The molecule has 4 rings (SSSR count). The molecule has 1 atom stereocenters. The van der Waals surface area contributed by atoms with Crippen molar-refractivity contribution in [2.24, 2.45) is 5.92 Å². The molecule has 2 aromatic heterocycles. The van der Waals surface area contributed by atoms with Gasteiger partial charge in [0.2, 0.25) is 11.0 Å². The molecular formula is C21H29N5OS. The Bertz CT molecular complexity index is 802. The first-order valence-electron chi connectivity index (χ1n) is 10.6. The number of nitrogens with one attached hydrogen (secondary N) is 1. The lowest BCUT2D eigenvalue weighted by molar-refractivity contribution is -0.137. The molecule has 1 saturated heterocycles. The maximum atomic E-state index is 12.9. The maximum Gasteiger partial charge on any atom is 0.225 e. The molecule has 0 unspecified atom stereocenters. The molecule has 1 aliphatic heterocycles. The van der Waals surface area contributed by atoms with E-state index in [2.05, 4.69) is 33.4 Å². The molecule has 0 aromatic carbocycles. The number of aromatic nitrogens is 3. The third-order valence-electron chi connectivity index (χ3n) is 5.88. The van der Waals surface area contributed by atoms with E-state index in [1.54, 1.807) is 11.3 Å². The summed E-state index contributed by atoms with van der Waals surface area (Å²) in [6, 6.07) is 6.08. The maximum absolute atomic E-state index is 12.9. The molecule has 1 N–H and O–H groups in total. The Labute approximate surface area is 170 Å². The number of amides is 1. The van der Waals surface area contributed by atoms with E-state index in [-0.39, 0.29) is 5.92 Å². The number of rotatable bonds is 5. The summed E-state index contributed by atoms with van der Waals surface area (Å²) in [5, 5.41) is 13.4. The zero-order valence-corrected chi connectivity index (χ0v) is 17.4. The van der Waals surface area contributed by atoms with Gasteiger partial charge in [0.05, 0.1) is 0 Å². The first-order chi connectivity index (χ1) is 13.7. The minimum absolute atomic E-state index is 0.249. The summed E-state index contributed by atoms with van der Waals surface area (Å²) in [6.07, 6.45) is 8.85. The molecule has 2 aliphatic rings. The van der Waals surface area contributed by atoms with Crippen molar-refractivity contribution in [3.05, 3.63) is 28.9 Å². The van der Waals surface area contributed by atoms with Crippen LogP contribution in [0.15, 0.2) is 18.2 Å². The highest BCUT2D eigenvalue weighted by atomic mass is 32.1. The smallest absolute Gasteiger partial charge is 0.225 e. The van der Waals surface area contributed by atoms with Crippen molar-refractivity contribution in [2.75, 3.05) is 18.4 Å². The van der Waals surface area contributed by atoms with E-state index < -0.39 is 0 Å². The number of nitrogens with zero attached hydrogens (tertiary/aromatic N) is 4. The molecule has 2 fully saturated rings. The molecule has 0 spiro atoms. The van der Waals surface area contributed by atoms with Crippen molar-refractivity contribution in [2.45, 2.75) is 64.2 Å². The molecule has 1 saturated carbocycles. The summed E-state index contributed by atoms with van der Waals surface area (Å²) in [5.41, 5.74) is 1.06. The van der Waals surface area contributed by atoms with Crippen LogP contribution in [0.3, 0.4) is 0 Å². The van der Waals surface area contributed by atoms with Gasteiger partial charge in [-0.25, -0.2) is 4.98 Å². The van der Waals surface area contributed by atoms with Crippen LogP contribution in [-0.2, 0) is 11.2 Å². The van der Waals surface area contributed by atoms with Crippen LogP contribution in [0.4, 0.5) is 10.9 Å². The van der Waals surface area contributed by atoms with Crippen molar-refractivity contribution < 1.29 is 4.79 Å². The molecular weight excluding hydrogens is 370 g/mol. The lowest BCUT2D eigenvalue weighted by Crippen LogP contribution is -2.43. The number of anilines is 2. The highest BCUT2D eigenvalue weighted by Gasteiger charge is 2.30. The average Bonchev–Trinajstić information content (AvgIpc) is 3.21. The van der Waals surface area contributed by atoms with Crippen molar-refractivity contribution in [3.8, 4) is 0 Å². The third-order valence-corrected chi connectivity index (χ3v) is 6.86. The summed E-state index contributed by atoms with van der Waals surface area (Å²) in [7, 11) is 0. The van der Waals surface area contributed by atoms with E-state index in [9.17, 15) is 4.79 Å². The standard InChI is InChI=1S/C21H29N5OS/c1-2-19-24-25-21(28-19)23-18-12-6-11-17(22-18)16-10-7-13-26(14-16)20(27)15-8-4-3-5-9-15/h6,11-12,15-16H,2-5,7-10,13-14H2,1H3,(H,22,23,25)/t16-/m0/s1. The normalized spacial score (nSPS) is 20.9. The number of piperidine rings is 1. The van der Waals surface area contributed by atoms with Gasteiger partial charge in [0, 0.05) is 30.6 Å². The number of carbonyl (C=O) groups is 1. The summed E-state index contributed by atoms with van der Waals surface area (Å²) in [5.74, 6) is 1.73. The van der Waals surface area contributed by atoms with Gasteiger partial charge >= 0.3 is 0 Å². The minimum Gasteiger partial charge on any atom is -0.342 e. The second-order valence-electron chi connectivity index (χ2n) is 7.89. The second kappa shape index (κ2) is 8.99. The van der Waals surface area contributed by atoms with Gasteiger partial charge in [0.1, 0.15) is 10.8 Å². The molecule has 0 radical (unpaired) electrons. The zero-order chi connectivity index (χ0) is 19.3. The fourth-order valence-electron chi connectivity index (χ4n) is 4.33. The number of hydrogen-bond donors (Lipinski definition) is 1. The van der Waals surface area contributed by atoms with E-state index in [1.165, 1.54) is 19.3 Å². The van der Waals surface area contributed by atoms with Gasteiger partial charge in [-0.1, -0.05) is 43.6 Å². The number of likely N-dealkylation sites (tertiary alicyclic amines) is 1. The topological polar surface area (TPSA) is 71.0 Å². The Morgan fingerprint density at radius 2 is 2.04 bits per heavy atom. The molecule has 28 heavy (non-hydrogen) atoms. The van der Waals surface area contributed by atoms with Gasteiger partial charge in [-0.15, -0.1) is 10.2 Å². The van der Waals surface area contributed by atoms with Gasteiger partial charge in [-0.3, -0.25) is 4.79 Å². The lowest BCUT2D eigenvalue weighted by Gasteiger charge is -2.35. The molecule has 1 aliphatic carbocycles. The van der Waals surface area contributed by atoms with Gasteiger partial charge in [0.25, 0.3) is 0 Å². The zero-order valence-electron chi connectivity index (χ0n) is 16.6. The minimum atomic E-state index is 0.249. The number of hydrogen-bond acceptors (Lipinski definition) is 6. The first kappa shape index (κ1) is 19.3. The second-order valence-corrected chi connectivity index (χ2v) is 8.95. The number of pyridine rings is 1. The quantitative estimate of drug-likeness (QED) is 0.800. The van der Waals surface area contributed by atoms with Crippen LogP contribution in [0, 0.1) is 5.92 Å². The molecule has 0 bridgehead atoms. The molecule has 1 amide bonds. The fraction of sp³-hybridized carbons (Fsp3) is 0.619. The van der Waals surface area contributed by atoms with E-state index in [0.29, 0.717) is 11.8 Å². The van der Waals surface area contributed by atoms with E-state index in [4.69, 9.17) is 4.98 Å². The van der Waals surface area contributed by atoms with Crippen LogP contribution in [0.5, 0.6) is 0 Å². The van der Waals surface area contributed by atoms with Gasteiger partial charge in [-0.05, 0) is 44.2 Å². The third kappa shape index (κ3) is 4.51. The molecule has 6 nitrogen and oxygen atoms in total. The monoisotopic (exact) mass is 399 g/mol. The predicted molar refractivity (Wildman–Crippen MR) is 112 cm³/mol. The summed E-state index contributed by atoms with van der Waals surface area (Å²) < 4.78 is 0. The van der Waals surface area contributed by atoms with E-state index in [1.807, 2.05) is 12.1 Å². The van der Waals surface area contributed by atoms with Crippen molar-refractivity contribution >= 4 is 28.2 Å². The van der Waals surface area contributed by atoms with Crippen LogP contribution < -0.4 is 5.32 Å². The average molecular weight is 400 g/mol. The van der Waals surface area contributed by atoms with Gasteiger partial charge in [-0.2, -0.15) is 0 Å². The molecule has 150 valence electrons. The Balaban J connectivity index is 1.42. The van der Waals surface area contributed by atoms with Crippen molar-refractivity contribution in [1.82, 2.24) is 20.1 Å². The van der Waals surface area contributed by atoms with Gasteiger partial charge < -0.3 is 10.2 Å². The summed E-state index contributed by atoms with van der Waals surface area (Å²) in [4.78, 5) is 19.9. The van der Waals surface area contributed by atoms with E-state index in [0.717, 1.165) is 66.8 Å². The highest BCUT2D eigenvalue weighted by Crippen LogP contribution is 2.31. The summed E-state index contributed by atoms with van der Waals surface area (Å²) in [6.45, 7) is 3.77. The van der Waals surface area contributed by atoms with Crippen LogP contribution in [0.25, 0.3) is 0 Å². The molecule has 7 heteroatoms. The lowest BCUT2D eigenvalue weighted by atomic mass is 9.86. The molecule has 2 aromatic rings. The molecule has 3 heterocycles.